The first-order chi connectivity index (χ1) is 9.71. The van der Waals surface area contributed by atoms with Crippen molar-refractivity contribution < 1.29 is 70.4 Å². The molecule has 3 rings (SSSR count). The Labute approximate surface area is 168 Å². The SMILES string of the molecule is CC.CC12COC(C1)Oc1ccc(OC=O)cc12.C[NH-].[K+]. The predicted molar refractivity (Wildman–Crippen MR) is 77.1 cm³/mol. The summed E-state index contributed by atoms with van der Waals surface area (Å²) in [5, 5.41) is 0. The van der Waals surface area contributed by atoms with E-state index in [0.717, 1.165) is 17.7 Å². The van der Waals surface area contributed by atoms with Gasteiger partial charge < -0.3 is 19.9 Å². The van der Waals surface area contributed by atoms with Crippen LogP contribution in [0.1, 0.15) is 32.8 Å². The smallest absolute Gasteiger partial charge is 0.680 e. The molecule has 2 atom stereocenters. The van der Waals surface area contributed by atoms with E-state index in [4.69, 9.17) is 19.9 Å². The summed E-state index contributed by atoms with van der Waals surface area (Å²) in [5.41, 5.74) is 6.78. The number of rotatable bonds is 2. The van der Waals surface area contributed by atoms with Crippen molar-refractivity contribution in [3.63, 3.8) is 0 Å². The van der Waals surface area contributed by atoms with E-state index >= 15 is 0 Å². The van der Waals surface area contributed by atoms with Crippen molar-refractivity contribution in [2.75, 3.05) is 13.7 Å². The van der Waals surface area contributed by atoms with Crippen LogP contribution in [0.4, 0.5) is 0 Å². The minimum Gasteiger partial charge on any atom is -0.680 e. The summed E-state index contributed by atoms with van der Waals surface area (Å²) in [6.07, 6.45) is 0.722. The van der Waals surface area contributed by atoms with E-state index in [0.29, 0.717) is 18.8 Å². The molecule has 2 aliphatic heterocycles. The Morgan fingerprint density at radius 3 is 2.67 bits per heavy atom. The third-order valence-corrected chi connectivity index (χ3v) is 3.25. The van der Waals surface area contributed by atoms with Crippen LogP contribution >= 0.6 is 0 Å². The van der Waals surface area contributed by atoms with Gasteiger partial charge in [-0.25, -0.2) is 0 Å². The minimum absolute atomic E-state index is 0. The second-order valence-electron chi connectivity index (χ2n) is 4.50. The normalized spacial score (nSPS) is 23.8. The van der Waals surface area contributed by atoms with Gasteiger partial charge in [0.15, 0.2) is 0 Å². The van der Waals surface area contributed by atoms with Gasteiger partial charge in [-0.15, -0.1) is 0 Å². The number of hydrogen-bond acceptors (Lipinski definition) is 4. The van der Waals surface area contributed by atoms with Crippen LogP contribution < -0.4 is 60.9 Å². The summed E-state index contributed by atoms with van der Waals surface area (Å²) >= 11 is 0. The van der Waals surface area contributed by atoms with Crippen molar-refractivity contribution in [1.29, 1.82) is 0 Å². The average molecular weight is 319 g/mol. The molecule has 6 heteroatoms. The molecule has 2 bridgehead atoms. The van der Waals surface area contributed by atoms with Gasteiger partial charge in [-0.2, -0.15) is 7.05 Å². The van der Waals surface area contributed by atoms with Crippen LogP contribution in [0.5, 0.6) is 11.5 Å². The second kappa shape index (κ2) is 9.94. The first kappa shape index (κ1) is 21.0. The van der Waals surface area contributed by atoms with E-state index in [9.17, 15) is 4.79 Å². The standard InChI is InChI=1S/C12H12O4.C2H6.CH4N.K/c1-12-5-11(14-6-12)16-10-3-2-8(15-7-13)4-9(10)12;2*1-2;/h2-4,7,11H,5-6H2,1H3;1-2H3;2H,1H3;/q;;-1;+1. The van der Waals surface area contributed by atoms with Crippen molar-refractivity contribution in [2.24, 2.45) is 0 Å². The summed E-state index contributed by atoms with van der Waals surface area (Å²) in [4.78, 5) is 10.3. The molecule has 112 valence electrons. The van der Waals surface area contributed by atoms with Gasteiger partial charge in [-0.3, -0.25) is 4.79 Å². The Kier molecular flexibility index (Phi) is 9.96. The molecule has 1 saturated heterocycles. The Morgan fingerprint density at radius 1 is 1.38 bits per heavy atom. The predicted octanol–water partition coefficient (Wildman–Crippen LogP) is 0.317. The molecular formula is C15H22KNO4. The zero-order valence-electron chi connectivity index (χ0n) is 13.4. The molecule has 2 heterocycles. The van der Waals surface area contributed by atoms with Gasteiger partial charge in [0.2, 0.25) is 6.29 Å². The van der Waals surface area contributed by atoms with Gasteiger partial charge in [0.1, 0.15) is 11.5 Å². The number of carbonyl (C=O) groups excluding carboxylic acids is 1. The monoisotopic (exact) mass is 319 g/mol. The van der Waals surface area contributed by atoms with E-state index in [1.165, 1.54) is 7.05 Å². The molecule has 0 amide bonds. The zero-order chi connectivity index (χ0) is 15.2. The molecule has 0 radical (unpaired) electrons. The molecule has 21 heavy (non-hydrogen) atoms. The molecule has 1 aromatic carbocycles. The van der Waals surface area contributed by atoms with Crippen LogP contribution in [0.25, 0.3) is 5.73 Å². The van der Waals surface area contributed by atoms with E-state index in [2.05, 4.69) is 6.92 Å². The van der Waals surface area contributed by atoms with Gasteiger partial charge in [0.05, 0.1) is 6.61 Å². The third-order valence-electron chi connectivity index (χ3n) is 3.25. The van der Waals surface area contributed by atoms with Crippen molar-refractivity contribution in [3.8, 4) is 11.5 Å². The largest absolute Gasteiger partial charge is 1.00 e. The van der Waals surface area contributed by atoms with Gasteiger partial charge in [0, 0.05) is 17.4 Å². The molecule has 1 fully saturated rings. The maximum absolute atomic E-state index is 10.3. The van der Waals surface area contributed by atoms with Gasteiger partial charge in [0.25, 0.3) is 6.47 Å². The number of fused-ring (bicyclic) bond motifs is 4. The Morgan fingerprint density at radius 2 is 2.05 bits per heavy atom. The molecule has 5 nitrogen and oxygen atoms in total. The zero-order valence-corrected chi connectivity index (χ0v) is 16.6. The quantitative estimate of drug-likeness (QED) is 0.581. The van der Waals surface area contributed by atoms with Crippen LogP contribution in [0, 0.1) is 0 Å². The molecule has 0 spiro atoms. The molecule has 1 N–H and O–H groups in total. The van der Waals surface area contributed by atoms with Gasteiger partial charge in [-0.1, -0.05) is 20.8 Å². The maximum Gasteiger partial charge on any atom is 1.00 e. The van der Waals surface area contributed by atoms with Gasteiger partial charge in [-0.05, 0) is 18.2 Å². The van der Waals surface area contributed by atoms with Crippen LogP contribution in [-0.4, -0.2) is 26.4 Å². The fourth-order valence-corrected chi connectivity index (χ4v) is 2.38. The Balaban J connectivity index is 0.000000741. The van der Waals surface area contributed by atoms with E-state index < -0.39 is 0 Å². The van der Waals surface area contributed by atoms with E-state index in [1.54, 1.807) is 6.07 Å². The Bertz CT molecular complexity index is 455. The van der Waals surface area contributed by atoms with E-state index in [-0.39, 0.29) is 63.1 Å². The molecular weight excluding hydrogens is 297 g/mol. The van der Waals surface area contributed by atoms with Crippen molar-refractivity contribution in [1.82, 2.24) is 0 Å². The van der Waals surface area contributed by atoms with E-state index in [1.807, 2.05) is 26.0 Å². The number of ether oxygens (including phenoxy) is 3. The average Bonchev–Trinajstić information content (AvgIpc) is 2.82. The minimum atomic E-state index is -0.129. The summed E-state index contributed by atoms with van der Waals surface area (Å²) in [7, 11) is 1.25. The fraction of sp³-hybridized carbons (Fsp3) is 0.533. The van der Waals surface area contributed by atoms with Crippen molar-refractivity contribution in [3.05, 3.63) is 29.5 Å². The second-order valence-corrected chi connectivity index (χ2v) is 4.50. The summed E-state index contributed by atoms with van der Waals surface area (Å²) < 4.78 is 16.0. The van der Waals surface area contributed by atoms with Crippen LogP contribution in [0.3, 0.4) is 0 Å². The first-order valence-corrected chi connectivity index (χ1v) is 6.74. The number of benzene rings is 1. The van der Waals surface area contributed by atoms with Crippen LogP contribution in [0.15, 0.2) is 18.2 Å². The molecule has 2 aliphatic rings. The molecule has 1 aromatic rings. The van der Waals surface area contributed by atoms with Crippen molar-refractivity contribution >= 4 is 6.47 Å². The summed E-state index contributed by atoms with van der Waals surface area (Å²) in [6.45, 7) is 7.22. The molecule has 0 aromatic heterocycles. The first-order valence-electron chi connectivity index (χ1n) is 6.74. The molecule has 0 aliphatic carbocycles. The van der Waals surface area contributed by atoms with Crippen LogP contribution in [-0.2, 0) is 14.9 Å². The maximum atomic E-state index is 10.3. The Hall–Kier alpha value is 0.0464. The molecule has 2 unspecified atom stereocenters. The number of carbonyl (C=O) groups is 1. The van der Waals surface area contributed by atoms with Gasteiger partial charge >= 0.3 is 51.4 Å². The summed E-state index contributed by atoms with van der Waals surface area (Å²) in [6, 6.07) is 5.41. The fourth-order valence-electron chi connectivity index (χ4n) is 2.38. The summed E-state index contributed by atoms with van der Waals surface area (Å²) in [5.74, 6) is 1.37. The van der Waals surface area contributed by atoms with Crippen LogP contribution in [0.2, 0.25) is 0 Å². The van der Waals surface area contributed by atoms with Crippen molar-refractivity contribution in [2.45, 2.75) is 38.9 Å². The third kappa shape index (κ3) is 4.76. The molecule has 0 saturated carbocycles. The topological polar surface area (TPSA) is 68.6 Å². The number of hydrogen-bond donors (Lipinski definition) is 0. The number of nitrogens with one attached hydrogen (secondary N) is 1.